The molecule has 37 heavy (non-hydrogen) atoms. The van der Waals surface area contributed by atoms with E-state index in [0.29, 0.717) is 23.7 Å². The second-order valence-electron chi connectivity index (χ2n) is 9.79. The van der Waals surface area contributed by atoms with Crippen molar-refractivity contribution < 1.29 is 13.2 Å². The minimum Gasteiger partial charge on any atom is -0.346 e. The van der Waals surface area contributed by atoms with Gasteiger partial charge in [0.25, 0.3) is 5.91 Å². The minimum absolute atomic E-state index is 0.0514. The van der Waals surface area contributed by atoms with Crippen molar-refractivity contribution in [3.05, 3.63) is 58.1 Å². The highest BCUT2D eigenvalue weighted by atomic mass is 35.5. The Hall–Kier alpha value is -2.24. The molecule has 0 N–H and O–H groups in total. The first-order valence-electron chi connectivity index (χ1n) is 11.9. The monoisotopic (exact) mass is 579 g/mol. The lowest BCUT2D eigenvalue weighted by Crippen LogP contribution is -2.44. The Kier molecular flexibility index (Phi) is 7.23. The van der Waals surface area contributed by atoms with Crippen LogP contribution < -0.4 is 4.90 Å². The van der Waals surface area contributed by atoms with Crippen LogP contribution in [0.2, 0.25) is 10.0 Å². The van der Waals surface area contributed by atoms with Gasteiger partial charge in [0.2, 0.25) is 15.2 Å². The molecule has 0 atom stereocenters. The van der Waals surface area contributed by atoms with Crippen molar-refractivity contribution in [3.8, 4) is 10.6 Å². The van der Waals surface area contributed by atoms with Gasteiger partial charge in [0.05, 0.1) is 15.6 Å². The zero-order valence-electron chi connectivity index (χ0n) is 20.5. The molecule has 0 radical (unpaired) electrons. The van der Waals surface area contributed by atoms with Gasteiger partial charge in [-0.2, -0.15) is 4.31 Å². The molecule has 5 rings (SSSR count). The topological polar surface area (TPSA) is 86.7 Å². The number of piperidine rings is 1. The van der Waals surface area contributed by atoms with Crippen LogP contribution in [0.1, 0.15) is 29.6 Å². The molecule has 2 aliphatic rings. The summed E-state index contributed by atoms with van der Waals surface area (Å²) in [5.74, 6) is -0.150. The molecule has 12 heteroatoms. The predicted octanol–water partition coefficient (Wildman–Crippen LogP) is 4.89. The molecule has 2 fully saturated rings. The summed E-state index contributed by atoms with van der Waals surface area (Å²) in [5, 5.41) is 11.0. The number of carbonyl (C=O) groups is 1. The number of aromatic nitrogens is 2. The highest BCUT2D eigenvalue weighted by molar-refractivity contribution is 7.89. The Balaban J connectivity index is 1.25. The SMILES string of the molecule is CN(C)C(=O)c1ccc(-c2nnc(N3CCC4(CCN(S(=O)(=O)c5ccccc5Cl)CC4)C3)s2)cc1Cl. The number of nitrogens with zero attached hydrogens (tertiary/aromatic N) is 5. The summed E-state index contributed by atoms with van der Waals surface area (Å²) in [7, 11) is -0.239. The lowest BCUT2D eigenvalue weighted by Gasteiger charge is -2.38. The molecule has 0 bridgehead atoms. The Bertz CT molecular complexity index is 1440. The van der Waals surface area contributed by atoms with Crippen LogP contribution in [-0.4, -0.2) is 74.0 Å². The maximum Gasteiger partial charge on any atom is 0.254 e. The van der Waals surface area contributed by atoms with Gasteiger partial charge in [0.1, 0.15) is 9.90 Å². The number of sulfonamides is 1. The molecule has 2 saturated heterocycles. The van der Waals surface area contributed by atoms with E-state index in [9.17, 15) is 13.2 Å². The van der Waals surface area contributed by atoms with E-state index in [1.54, 1.807) is 54.8 Å². The summed E-state index contributed by atoms with van der Waals surface area (Å²) in [6.45, 7) is 2.61. The van der Waals surface area contributed by atoms with Gasteiger partial charge in [-0.3, -0.25) is 4.79 Å². The van der Waals surface area contributed by atoms with E-state index in [0.717, 1.165) is 48.1 Å². The number of anilines is 1. The van der Waals surface area contributed by atoms with Crippen LogP contribution in [0, 0.1) is 5.41 Å². The van der Waals surface area contributed by atoms with Gasteiger partial charge in [-0.1, -0.05) is 52.7 Å². The van der Waals surface area contributed by atoms with Crippen molar-refractivity contribution in [2.24, 2.45) is 5.41 Å². The van der Waals surface area contributed by atoms with Gasteiger partial charge in [-0.25, -0.2) is 8.42 Å². The fourth-order valence-electron chi connectivity index (χ4n) is 5.02. The van der Waals surface area contributed by atoms with Gasteiger partial charge < -0.3 is 9.80 Å². The summed E-state index contributed by atoms with van der Waals surface area (Å²) < 4.78 is 27.8. The first kappa shape index (κ1) is 26.4. The fraction of sp³-hybridized carbons (Fsp3) is 0.400. The Morgan fingerprint density at radius 3 is 2.38 bits per heavy atom. The third-order valence-corrected chi connectivity index (χ3v) is 11.0. The summed E-state index contributed by atoms with van der Waals surface area (Å²) in [5.41, 5.74) is 1.32. The van der Waals surface area contributed by atoms with Crippen LogP contribution in [0.5, 0.6) is 0 Å². The Morgan fingerprint density at radius 1 is 1.00 bits per heavy atom. The Morgan fingerprint density at radius 2 is 1.70 bits per heavy atom. The van der Waals surface area contributed by atoms with Crippen LogP contribution >= 0.6 is 34.5 Å². The minimum atomic E-state index is -3.62. The Labute approximate surface area is 230 Å². The van der Waals surface area contributed by atoms with Gasteiger partial charge in [-0.15, -0.1) is 10.2 Å². The fourth-order valence-corrected chi connectivity index (χ4v) is 8.08. The number of hydrogen-bond acceptors (Lipinski definition) is 7. The van der Waals surface area contributed by atoms with Crippen molar-refractivity contribution in [2.45, 2.75) is 24.2 Å². The standard InChI is InChI=1S/C25H27Cl2N5O3S2/c1-30(2)23(33)18-8-7-17(15-20(18)27)22-28-29-24(36-22)31-12-9-25(16-31)10-13-32(14-11-25)37(34,35)21-6-4-3-5-19(21)26/h3-8,15H,9-14,16H2,1-2H3. The van der Waals surface area contributed by atoms with Gasteiger partial charge >= 0.3 is 0 Å². The molecule has 2 aromatic carbocycles. The van der Waals surface area contributed by atoms with Gasteiger partial charge in [-0.05, 0) is 48.9 Å². The maximum atomic E-state index is 13.1. The first-order valence-corrected chi connectivity index (χ1v) is 15.0. The normalized spacial score (nSPS) is 17.9. The van der Waals surface area contributed by atoms with Crippen molar-refractivity contribution in [2.75, 3.05) is 45.2 Å². The van der Waals surface area contributed by atoms with E-state index in [4.69, 9.17) is 23.2 Å². The molecule has 1 spiro atoms. The average molecular weight is 581 g/mol. The number of rotatable bonds is 5. The van der Waals surface area contributed by atoms with Crippen molar-refractivity contribution >= 4 is 55.6 Å². The average Bonchev–Trinajstić information content (AvgIpc) is 3.52. The molecule has 2 aliphatic heterocycles. The maximum absolute atomic E-state index is 13.1. The van der Waals surface area contributed by atoms with Crippen LogP contribution in [-0.2, 0) is 10.0 Å². The van der Waals surface area contributed by atoms with Crippen LogP contribution in [0.4, 0.5) is 5.13 Å². The lowest BCUT2D eigenvalue weighted by molar-refractivity contribution is 0.0828. The molecular weight excluding hydrogens is 553 g/mol. The van der Waals surface area contributed by atoms with Gasteiger partial charge in [0.15, 0.2) is 0 Å². The van der Waals surface area contributed by atoms with Crippen LogP contribution in [0.15, 0.2) is 47.4 Å². The molecule has 1 aromatic heterocycles. The highest BCUT2D eigenvalue weighted by Crippen LogP contribution is 2.44. The zero-order chi connectivity index (χ0) is 26.4. The van der Waals surface area contributed by atoms with E-state index in [1.165, 1.54) is 16.2 Å². The molecule has 0 unspecified atom stereocenters. The molecule has 3 heterocycles. The van der Waals surface area contributed by atoms with E-state index in [1.807, 2.05) is 6.07 Å². The van der Waals surface area contributed by atoms with Gasteiger partial charge in [0, 0.05) is 45.8 Å². The predicted molar refractivity (Wildman–Crippen MR) is 147 cm³/mol. The number of benzene rings is 2. The third kappa shape index (κ3) is 5.09. The van der Waals surface area contributed by atoms with E-state index < -0.39 is 10.0 Å². The second-order valence-corrected chi connectivity index (χ2v) is 13.5. The molecule has 3 aromatic rings. The molecule has 0 aliphatic carbocycles. The quantitative estimate of drug-likeness (QED) is 0.427. The highest BCUT2D eigenvalue weighted by Gasteiger charge is 2.44. The second kappa shape index (κ2) is 10.1. The third-order valence-electron chi connectivity index (χ3n) is 7.21. The summed E-state index contributed by atoms with van der Waals surface area (Å²) in [6, 6.07) is 11.9. The van der Waals surface area contributed by atoms with Crippen LogP contribution in [0.25, 0.3) is 10.6 Å². The lowest BCUT2D eigenvalue weighted by atomic mass is 9.78. The zero-order valence-corrected chi connectivity index (χ0v) is 23.7. The van der Waals surface area contributed by atoms with Crippen molar-refractivity contribution in [1.82, 2.24) is 19.4 Å². The summed E-state index contributed by atoms with van der Waals surface area (Å²) >= 11 is 14.1. The first-order chi connectivity index (χ1) is 17.6. The number of halogens is 2. The molecular formula is C25H27Cl2N5O3S2. The van der Waals surface area contributed by atoms with E-state index in [-0.39, 0.29) is 21.2 Å². The van der Waals surface area contributed by atoms with E-state index in [2.05, 4.69) is 15.1 Å². The number of carbonyl (C=O) groups excluding carboxylic acids is 1. The van der Waals surface area contributed by atoms with E-state index >= 15 is 0 Å². The van der Waals surface area contributed by atoms with Crippen molar-refractivity contribution in [1.29, 1.82) is 0 Å². The molecule has 0 saturated carbocycles. The number of amides is 1. The molecule has 196 valence electrons. The smallest absolute Gasteiger partial charge is 0.254 e. The molecule has 1 amide bonds. The summed E-state index contributed by atoms with van der Waals surface area (Å²) in [6.07, 6.45) is 2.56. The largest absolute Gasteiger partial charge is 0.346 e. The summed E-state index contributed by atoms with van der Waals surface area (Å²) in [4.78, 5) is 16.2. The van der Waals surface area contributed by atoms with Crippen LogP contribution in [0.3, 0.4) is 0 Å². The number of hydrogen-bond donors (Lipinski definition) is 0. The van der Waals surface area contributed by atoms with Crippen molar-refractivity contribution in [3.63, 3.8) is 0 Å². The molecule has 8 nitrogen and oxygen atoms in total.